The number of hydrazone groups is 1. The van der Waals surface area contributed by atoms with Crippen molar-refractivity contribution in [1.82, 2.24) is 5.01 Å². The van der Waals surface area contributed by atoms with E-state index in [1.807, 2.05) is 14.1 Å². The van der Waals surface area contributed by atoms with Crippen LogP contribution < -0.4 is 0 Å². The van der Waals surface area contributed by atoms with Crippen molar-refractivity contribution in [2.24, 2.45) is 5.10 Å². The smallest absolute Gasteiger partial charge is 0.0968 e. The molecule has 0 N–H and O–H groups in total. The molecule has 0 unspecified atom stereocenters. The lowest BCUT2D eigenvalue weighted by Gasteiger charge is -1.98. The molecule has 44 valence electrons. The van der Waals surface area contributed by atoms with Gasteiger partial charge in [-0.15, -0.1) is 5.92 Å². The Hall–Kier alpha value is -0.970. The number of rotatable bonds is 1. The van der Waals surface area contributed by atoms with Crippen molar-refractivity contribution < 1.29 is 0 Å². The van der Waals surface area contributed by atoms with Crippen molar-refractivity contribution >= 4 is 6.21 Å². The fourth-order valence-electron chi connectivity index (χ4n) is 0.209. The summed E-state index contributed by atoms with van der Waals surface area (Å²) >= 11 is 0. The lowest BCUT2D eigenvalue weighted by Crippen LogP contribution is -2.00. The Morgan fingerprint density at radius 2 is 2.12 bits per heavy atom. The normalized spacial score (nSPS) is 8.38. The average molecular weight is 110 g/mol. The second kappa shape index (κ2) is 4.20. The quantitative estimate of drug-likeness (QED) is 0.273. The van der Waals surface area contributed by atoms with E-state index in [0.717, 1.165) is 0 Å². The lowest BCUT2D eigenvalue weighted by molar-refractivity contribution is 0.441. The van der Waals surface area contributed by atoms with E-state index < -0.39 is 0 Å². The third-order valence-electron chi connectivity index (χ3n) is 0.498. The summed E-state index contributed by atoms with van der Waals surface area (Å²) < 4.78 is 0. The van der Waals surface area contributed by atoms with E-state index in [2.05, 4.69) is 16.9 Å². The van der Waals surface area contributed by atoms with E-state index in [9.17, 15) is 0 Å². The van der Waals surface area contributed by atoms with Gasteiger partial charge in [0.05, 0.1) is 6.21 Å². The Labute approximate surface area is 50.2 Å². The maximum absolute atomic E-state index is 3.85. The largest absolute Gasteiger partial charge is 0.303 e. The zero-order valence-electron chi connectivity index (χ0n) is 5.47. The number of hydrogen-bond donors (Lipinski definition) is 0. The Kier molecular flexibility index (Phi) is 3.69. The first-order chi connectivity index (χ1) is 3.77. The van der Waals surface area contributed by atoms with E-state index in [1.165, 1.54) is 0 Å². The van der Waals surface area contributed by atoms with E-state index in [-0.39, 0.29) is 0 Å². The first kappa shape index (κ1) is 7.03. The maximum Gasteiger partial charge on any atom is 0.0968 e. The van der Waals surface area contributed by atoms with Crippen LogP contribution in [-0.2, 0) is 0 Å². The molecule has 0 amide bonds. The highest BCUT2D eigenvalue weighted by molar-refractivity contribution is 5.77. The molecule has 8 heavy (non-hydrogen) atoms. The Balaban J connectivity index is 3.45. The minimum atomic E-state index is 1.57. The van der Waals surface area contributed by atoms with E-state index in [4.69, 9.17) is 0 Å². The fourth-order valence-corrected chi connectivity index (χ4v) is 0.209. The minimum Gasteiger partial charge on any atom is -0.303 e. The van der Waals surface area contributed by atoms with Crippen LogP contribution in [0.4, 0.5) is 0 Å². The Morgan fingerprint density at radius 3 is 2.50 bits per heavy atom. The first-order valence-corrected chi connectivity index (χ1v) is 2.39. The number of nitrogens with zero attached hydrogens (tertiary/aromatic N) is 2. The first-order valence-electron chi connectivity index (χ1n) is 2.39. The maximum atomic E-state index is 3.85. The highest BCUT2D eigenvalue weighted by atomic mass is 15.4. The van der Waals surface area contributed by atoms with Crippen LogP contribution in [-0.4, -0.2) is 25.3 Å². The molecular weight excluding hydrogens is 100 g/mol. The second-order valence-electron chi connectivity index (χ2n) is 1.49. The van der Waals surface area contributed by atoms with Gasteiger partial charge in [-0.2, -0.15) is 5.10 Å². The third kappa shape index (κ3) is 5.03. The van der Waals surface area contributed by atoms with Crippen LogP contribution in [0.5, 0.6) is 0 Å². The highest BCUT2D eigenvalue weighted by Gasteiger charge is 1.68. The lowest BCUT2D eigenvalue weighted by atomic mass is 10.6. The molecule has 0 saturated carbocycles. The standard InChI is InChI=1S/C6H10N2/c1-4-5-6-7-8(2)3/h6H,1-3H3/b7-6+. The summed E-state index contributed by atoms with van der Waals surface area (Å²) in [5.74, 6) is 5.39. The summed E-state index contributed by atoms with van der Waals surface area (Å²) in [6.07, 6.45) is 1.57. The summed E-state index contributed by atoms with van der Waals surface area (Å²) in [6, 6.07) is 0. The van der Waals surface area contributed by atoms with Crippen LogP contribution in [0.25, 0.3) is 0 Å². The number of hydrogen-bond acceptors (Lipinski definition) is 2. The zero-order chi connectivity index (χ0) is 6.41. The van der Waals surface area contributed by atoms with Crippen LogP contribution in [0.3, 0.4) is 0 Å². The third-order valence-corrected chi connectivity index (χ3v) is 0.498. The van der Waals surface area contributed by atoms with Crippen molar-refractivity contribution in [3.63, 3.8) is 0 Å². The molecule has 0 bridgehead atoms. The fraction of sp³-hybridized carbons (Fsp3) is 0.500. The van der Waals surface area contributed by atoms with Crippen LogP contribution >= 0.6 is 0 Å². The van der Waals surface area contributed by atoms with Crippen LogP contribution in [0.1, 0.15) is 6.92 Å². The van der Waals surface area contributed by atoms with Crippen molar-refractivity contribution in [1.29, 1.82) is 0 Å². The highest BCUT2D eigenvalue weighted by Crippen LogP contribution is 1.68. The molecule has 0 heterocycles. The molecule has 2 heteroatoms. The molecule has 0 aromatic heterocycles. The molecule has 0 aromatic rings. The van der Waals surface area contributed by atoms with E-state index in [0.29, 0.717) is 0 Å². The summed E-state index contributed by atoms with van der Waals surface area (Å²) in [7, 11) is 3.71. The molecule has 0 saturated heterocycles. The van der Waals surface area contributed by atoms with Gasteiger partial charge in [-0.25, -0.2) is 0 Å². The molecular formula is C6H10N2. The van der Waals surface area contributed by atoms with Crippen LogP contribution in [0, 0.1) is 11.8 Å². The van der Waals surface area contributed by atoms with Gasteiger partial charge in [-0.1, -0.05) is 5.92 Å². The van der Waals surface area contributed by atoms with Gasteiger partial charge in [0, 0.05) is 14.1 Å². The van der Waals surface area contributed by atoms with Crippen molar-refractivity contribution in [3.8, 4) is 11.8 Å². The molecule has 0 atom stereocenters. The summed E-state index contributed by atoms with van der Waals surface area (Å²) in [6.45, 7) is 1.78. The van der Waals surface area contributed by atoms with Crippen molar-refractivity contribution in [2.75, 3.05) is 14.1 Å². The Bertz CT molecular complexity index is 125. The van der Waals surface area contributed by atoms with Crippen LogP contribution in [0.2, 0.25) is 0 Å². The molecule has 0 aliphatic heterocycles. The second-order valence-corrected chi connectivity index (χ2v) is 1.49. The molecule has 0 rings (SSSR count). The molecule has 0 aromatic carbocycles. The molecule has 0 aliphatic rings. The van der Waals surface area contributed by atoms with Gasteiger partial charge in [0.15, 0.2) is 0 Å². The van der Waals surface area contributed by atoms with Crippen LogP contribution in [0.15, 0.2) is 5.10 Å². The minimum absolute atomic E-state index is 1.57. The van der Waals surface area contributed by atoms with Gasteiger partial charge in [0.25, 0.3) is 0 Å². The van der Waals surface area contributed by atoms with E-state index >= 15 is 0 Å². The molecule has 0 spiro atoms. The SMILES string of the molecule is CC#C/C=N/N(C)C. The zero-order valence-corrected chi connectivity index (χ0v) is 5.47. The van der Waals surface area contributed by atoms with Gasteiger partial charge in [0.2, 0.25) is 0 Å². The van der Waals surface area contributed by atoms with Gasteiger partial charge in [-0.3, -0.25) is 0 Å². The van der Waals surface area contributed by atoms with E-state index in [1.54, 1.807) is 18.1 Å². The van der Waals surface area contributed by atoms with Gasteiger partial charge < -0.3 is 5.01 Å². The predicted molar refractivity (Wildman–Crippen MR) is 35.6 cm³/mol. The molecule has 0 aliphatic carbocycles. The monoisotopic (exact) mass is 110 g/mol. The Morgan fingerprint density at radius 1 is 1.50 bits per heavy atom. The van der Waals surface area contributed by atoms with Gasteiger partial charge in [-0.05, 0) is 6.92 Å². The van der Waals surface area contributed by atoms with Crippen molar-refractivity contribution in [3.05, 3.63) is 0 Å². The summed E-state index contributed by atoms with van der Waals surface area (Å²) in [4.78, 5) is 0. The average Bonchev–Trinajstić information content (AvgIpc) is 1.66. The van der Waals surface area contributed by atoms with Gasteiger partial charge in [0.1, 0.15) is 0 Å². The van der Waals surface area contributed by atoms with Crippen molar-refractivity contribution in [2.45, 2.75) is 6.92 Å². The summed E-state index contributed by atoms with van der Waals surface area (Å²) in [5, 5.41) is 5.55. The summed E-state index contributed by atoms with van der Waals surface area (Å²) in [5.41, 5.74) is 0. The van der Waals surface area contributed by atoms with Gasteiger partial charge >= 0.3 is 0 Å². The molecule has 2 nitrogen and oxygen atoms in total. The predicted octanol–water partition coefficient (Wildman–Crippen LogP) is 0.557. The molecule has 0 fully saturated rings. The molecule has 0 radical (unpaired) electrons. The topological polar surface area (TPSA) is 15.6 Å².